The Morgan fingerprint density at radius 3 is 1.33 bits per heavy atom. The maximum atomic E-state index is 8.74. The standard InChI is InChI=1S/Li.H2O3Si.Sr.3H/c;1-4(2)3;;;;/h;1-2H;;;;. The molecule has 0 amide bonds. The van der Waals surface area contributed by atoms with Gasteiger partial charge in [-0.3, -0.25) is 4.46 Å². The van der Waals surface area contributed by atoms with E-state index in [1.807, 2.05) is 0 Å². The molecule has 30 valence electrons. The van der Waals surface area contributed by atoms with Gasteiger partial charge in [-0.25, -0.2) is 0 Å². The minimum absolute atomic E-state index is 0. The normalized spacial score (nSPS) is 4.00. The van der Waals surface area contributed by atoms with Crippen LogP contribution in [0.2, 0.25) is 0 Å². The van der Waals surface area contributed by atoms with E-state index < -0.39 is 9.17 Å². The first-order valence-electron chi connectivity index (χ1n) is 0.651. The summed E-state index contributed by atoms with van der Waals surface area (Å²) in [5.41, 5.74) is 0. The van der Waals surface area contributed by atoms with Gasteiger partial charge in [0.1, 0.15) is 0 Å². The molecule has 0 aromatic carbocycles. The van der Waals surface area contributed by atoms with Gasteiger partial charge in [0.05, 0.1) is 0 Å². The van der Waals surface area contributed by atoms with Crippen molar-refractivity contribution in [2.75, 3.05) is 0 Å². The molecule has 0 aromatic heterocycles. The maximum absolute atomic E-state index is 8.74. The van der Waals surface area contributed by atoms with E-state index >= 15 is 0 Å². The minimum atomic E-state index is -3.13. The average molecular weight is 176 g/mol. The van der Waals surface area contributed by atoms with Crippen molar-refractivity contribution in [2.24, 2.45) is 0 Å². The van der Waals surface area contributed by atoms with Gasteiger partial charge in [-0.2, -0.15) is 0 Å². The molecule has 0 aliphatic rings. The summed E-state index contributed by atoms with van der Waals surface area (Å²) in [5, 5.41) is 0. The number of hydrogen-bond donors (Lipinski definition) is 2. The van der Waals surface area contributed by atoms with Gasteiger partial charge in [-0.15, -0.1) is 0 Å². The van der Waals surface area contributed by atoms with Crippen LogP contribution < -0.4 is 0 Å². The Bertz CT molecular complexity index is 33.8. The van der Waals surface area contributed by atoms with Crippen LogP contribution in [0.4, 0.5) is 0 Å². The molecule has 0 atom stereocenters. The molecule has 0 fully saturated rings. The summed E-state index contributed by atoms with van der Waals surface area (Å²) in [7, 11) is -3.13. The molecule has 0 saturated carbocycles. The van der Waals surface area contributed by atoms with E-state index in [9.17, 15) is 0 Å². The predicted molar refractivity (Wildman–Crippen MR) is 26.6 cm³/mol. The van der Waals surface area contributed by atoms with E-state index in [2.05, 4.69) is 0 Å². The molecule has 0 bridgehead atoms. The second-order valence-electron chi connectivity index (χ2n) is 0.283. The van der Waals surface area contributed by atoms with E-state index in [-0.39, 0.29) is 64.3 Å². The first-order chi connectivity index (χ1) is 1.73. The van der Waals surface area contributed by atoms with Crippen LogP contribution in [0.15, 0.2) is 0 Å². The van der Waals surface area contributed by atoms with E-state index in [0.717, 1.165) is 0 Å². The van der Waals surface area contributed by atoms with Crippen molar-refractivity contribution in [1.82, 2.24) is 0 Å². The number of rotatable bonds is 0. The van der Waals surface area contributed by atoms with Crippen LogP contribution in [-0.2, 0) is 4.46 Å². The van der Waals surface area contributed by atoms with E-state index in [1.165, 1.54) is 0 Å². The summed E-state index contributed by atoms with van der Waals surface area (Å²) in [4.78, 5) is 14.3. The van der Waals surface area contributed by atoms with Gasteiger partial charge in [0, 0.05) is 0 Å². The van der Waals surface area contributed by atoms with E-state index in [4.69, 9.17) is 14.1 Å². The molecule has 0 radical (unpaired) electrons. The van der Waals surface area contributed by atoms with Gasteiger partial charge in [0.15, 0.2) is 0 Å². The van der Waals surface area contributed by atoms with Gasteiger partial charge in [0.2, 0.25) is 0 Å². The Labute approximate surface area is 86.1 Å². The van der Waals surface area contributed by atoms with Crippen LogP contribution in [0, 0.1) is 0 Å². The Morgan fingerprint density at radius 1 is 1.33 bits per heavy atom. The zero-order chi connectivity index (χ0) is 3.58. The molecule has 0 saturated heterocycles. The van der Waals surface area contributed by atoms with Crippen molar-refractivity contribution in [3.63, 3.8) is 0 Å². The molecule has 0 aliphatic heterocycles. The topological polar surface area (TPSA) is 57.5 Å². The molecule has 0 unspecified atom stereocenters. The first-order valence-corrected chi connectivity index (χ1v) is 1.95. The molecule has 0 aromatic rings. The summed E-state index contributed by atoms with van der Waals surface area (Å²) < 4.78 is 8.74. The van der Waals surface area contributed by atoms with Gasteiger partial charge in [-0.05, 0) is 0 Å². The third kappa shape index (κ3) is 43.7. The summed E-state index contributed by atoms with van der Waals surface area (Å²) in [6, 6.07) is 0. The SMILES string of the molecule is O=[Si](O)O.[LiH].[SrH2]. The van der Waals surface area contributed by atoms with Crippen molar-refractivity contribution in [3.05, 3.63) is 0 Å². The second-order valence-corrected chi connectivity index (χ2v) is 0.848. The monoisotopic (exact) mass is 176 g/mol. The molecule has 0 rings (SSSR count). The molecule has 2 N–H and O–H groups in total. The van der Waals surface area contributed by atoms with Crippen LogP contribution in [0.5, 0.6) is 0 Å². The van der Waals surface area contributed by atoms with E-state index in [0.29, 0.717) is 0 Å². The van der Waals surface area contributed by atoms with E-state index in [1.54, 1.807) is 0 Å². The van der Waals surface area contributed by atoms with Gasteiger partial charge in [0.25, 0.3) is 0 Å². The van der Waals surface area contributed by atoms with Crippen molar-refractivity contribution < 1.29 is 14.1 Å². The summed E-state index contributed by atoms with van der Waals surface area (Å²) >= 11 is 0. The quantitative estimate of drug-likeness (QED) is 0.382. The molecule has 0 aliphatic carbocycles. The zero-order valence-corrected chi connectivity index (χ0v) is 2.80. The van der Waals surface area contributed by atoms with Crippen LogP contribution in [0.3, 0.4) is 0 Å². The fraction of sp³-hybridized carbons (Fsp3) is 0. The van der Waals surface area contributed by atoms with Crippen molar-refractivity contribution in [3.8, 4) is 0 Å². The van der Waals surface area contributed by atoms with Crippen molar-refractivity contribution in [1.29, 1.82) is 0 Å². The van der Waals surface area contributed by atoms with Crippen LogP contribution in [-0.4, -0.2) is 83.1 Å². The van der Waals surface area contributed by atoms with Crippen molar-refractivity contribution in [2.45, 2.75) is 0 Å². The average Bonchev–Trinajstić information content (AvgIpc) is 0.811. The summed E-state index contributed by atoms with van der Waals surface area (Å²) in [6.45, 7) is 0. The Hall–Kier alpha value is 1.69. The first kappa shape index (κ1) is 15.6. The molecule has 6 heteroatoms. The Balaban J connectivity index is -0.0000000450. The molecule has 6 heavy (non-hydrogen) atoms. The molecular formula is H5LiO3SiSr. The third-order valence-corrected chi connectivity index (χ3v) is 0. The zero-order valence-electron chi connectivity index (χ0n) is 1.80. The fourth-order valence-corrected chi connectivity index (χ4v) is 0. The summed E-state index contributed by atoms with van der Waals surface area (Å²) in [6.07, 6.45) is 0. The van der Waals surface area contributed by atoms with Crippen LogP contribution in [0.1, 0.15) is 0 Å². The van der Waals surface area contributed by atoms with Gasteiger partial charge in [-0.1, -0.05) is 0 Å². The van der Waals surface area contributed by atoms with Gasteiger partial charge >= 0.3 is 73.5 Å². The summed E-state index contributed by atoms with van der Waals surface area (Å²) in [5.74, 6) is 0. The van der Waals surface area contributed by atoms with Crippen LogP contribution in [0.25, 0.3) is 0 Å². The number of hydrogen-bond acceptors (Lipinski definition) is 1. The van der Waals surface area contributed by atoms with Crippen LogP contribution >= 0.6 is 0 Å². The predicted octanol–water partition coefficient (Wildman–Crippen LogP) is -3.18. The second kappa shape index (κ2) is 9.85. The molecular weight excluding hydrogens is 171 g/mol. The third-order valence-electron chi connectivity index (χ3n) is 0. The van der Waals surface area contributed by atoms with Crippen molar-refractivity contribution >= 4 is 73.5 Å². The van der Waals surface area contributed by atoms with Gasteiger partial charge < -0.3 is 9.59 Å². The molecule has 0 spiro atoms. The Morgan fingerprint density at radius 2 is 1.33 bits per heavy atom. The molecule has 0 heterocycles. The molecule has 3 nitrogen and oxygen atoms in total. The fourth-order valence-electron chi connectivity index (χ4n) is 0. The Kier molecular flexibility index (Phi) is 25.7.